The summed E-state index contributed by atoms with van der Waals surface area (Å²) in [5.41, 5.74) is 5.78. The van der Waals surface area contributed by atoms with E-state index < -0.39 is 0 Å². The fourth-order valence-corrected chi connectivity index (χ4v) is 2.70. The lowest BCUT2D eigenvalue weighted by Gasteiger charge is -2.34. The molecular formula is C14H25N7O. The molecule has 0 saturated carbocycles. The van der Waals surface area contributed by atoms with Crippen LogP contribution in [-0.2, 0) is 4.79 Å². The zero-order valence-electron chi connectivity index (χ0n) is 13.7. The average Bonchev–Trinajstić information content (AvgIpc) is 2.53. The van der Waals surface area contributed by atoms with Crippen molar-refractivity contribution < 1.29 is 4.79 Å². The molecule has 0 radical (unpaired) electrons. The molecule has 1 aliphatic heterocycles. The van der Waals surface area contributed by atoms with Crippen molar-refractivity contribution in [3.63, 3.8) is 0 Å². The molecule has 3 N–H and O–H groups in total. The number of nitrogens with zero attached hydrogens (tertiary/aromatic N) is 5. The Morgan fingerprint density at radius 1 is 1.32 bits per heavy atom. The zero-order chi connectivity index (χ0) is 16.3. The van der Waals surface area contributed by atoms with Crippen LogP contribution in [0.1, 0.15) is 31.6 Å². The molecule has 1 saturated heterocycles. The van der Waals surface area contributed by atoms with Crippen LogP contribution in [0.15, 0.2) is 0 Å². The van der Waals surface area contributed by atoms with Crippen LogP contribution in [0, 0.1) is 5.92 Å². The van der Waals surface area contributed by atoms with Crippen molar-refractivity contribution in [3.8, 4) is 0 Å². The number of nitrogen functional groups attached to an aromatic ring is 1. The van der Waals surface area contributed by atoms with Crippen molar-refractivity contribution in [1.29, 1.82) is 0 Å². The molecule has 1 atom stereocenters. The van der Waals surface area contributed by atoms with Gasteiger partial charge in [-0.1, -0.05) is 0 Å². The molecule has 1 amide bonds. The number of hydrogen-bond acceptors (Lipinski definition) is 7. The van der Waals surface area contributed by atoms with E-state index in [4.69, 9.17) is 5.73 Å². The number of nitrogens with one attached hydrogen (secondary N) is 1. The van der Waals surface area contributed by atoms with Crippen LogP contribution in [0.2, 0.25) is 0 Å². The second-order valence-electron chi connectivity index (χ2n) is 5.85. The van der Waals surface area contributed by atoms with Crippen molar-refractivity contribution in [2.75, 3.05) is 44.9 Å². The number of hydrogen-bond donors (Lipinski definition) is 2. The van der Waals surface area contributed by atoms with E-state index >= 15 is 0 Å². The Hall–Kier alpha value is -1.96. The summed E-state index contributed by atoms with van der Waals surface area (Å²) in [7, 11) is 5.43. The summed E-state index contributed by atoms with van der Waals surface area (Å²) in [4.78, 5) is 28.7. The molecule has 2 rings (SSSR count). The molecule has 0 spiro atoms. The third-order valence-corrected chi connectivity index (χ3v) is 4.13. The molecule has 8 nitrogen and oxygen atoms in total. The lowest BCUT2D eigenvalue weighted by Crippen LogP contribution is -2.41. The van der Waals surface area contributed by atoms with Crippen molar-refractivity contribution in [1.82, 2.24) is 25.2 Å². The number of piperidine rings is 1. The summed E-state index contributed by atoms with van der Waals surface area (Å²) in [6, 6.07) is 0.0506. The first-order chi connectivity index (χ1) is 10.4. The maximum atomic E-state index is 11.7. The average molecular weight is 307 g/mol. The van der Waals surface area contributed by atoms with Gasteiger partial charge in [0, 0.05) is 27.1 Å². The van der Waals surface area contributed by atoms with E-state index in [-0.39, 0.29) is 23.8 Å². The molecule has 0 aromatic carbocycles. The molecule has 8 heteroatoms. The van der Waals surface area contributed by atoms with Gasteiger partial charge in [-0.3, -0.25) is 9.69 Å². The highest BCUT2D eigenvalue weighted by Crippen LogP contribution is 2.25. The molecule has 0 bridgehead atoms. The number of rotatable bonds is 4. The van der Waals surface area contributed by atoms with Gasteiger partial charge in [0.05, 0.1) is 6.04 Å². The van der Waals surface area contributed by atoms with E-state index in [0.29, 0.717) is 11.8 Å². The molecular weight excluding hydrogens is 282 g/mol. The van der Waals surface area contributed by atoms with Gasteiger partial charge in [0.15, 0.2) is 5.82 Å². The number of likely N-dealkylation sites (tertiary alicyclic amines) is 1. The van der Waals surface area contributed by atoms with Crippen LogP contribution < -0.4 is 16.0 Å². The number of carbonyl (C=O) groups excluding carboxylic acids is 1. The number of nitrogens with two attached hydrogens (primary N) is 1. The smallest absolute Gasteiger partial charge is 0.229 e. The van der Waals surface area contributed by atoms with Crippen molar-refractivity contribution in [2.45, 2.75) is 25.8 Å². The number of anilines is 2. The third kappa shape index (κ3) is 3.62. The molecule has 1 aromatic heterocycles. The van der Waals surface area contributed by atoms with Crippen LogP contribution in [-0.4, -0.2) is 60.0 Å². The normalized spacial score (nSPS) is 18.0. The SMILES string of the molecule is CNC(=O)C1CCN(C(C)c2nc(N)nc(N(C)C)n2)CC1. The summed E-state index contributed by atoms with van der Waals surface area (Å²) in [5.74, 6) is 1.71. The Morgan fingerprint density at radius 2 is 1.95 bits per heavy atom. The Balaban J connectivity index is 2.06. The summed E-state index contributed by atoms with van der Waals surface area (Å²) in [5, 5.41) is 2.73. The molecule has 0 aliphatic carbocycles. The van der Waals surface area contributed by atoms with Crippen molar-refractivity contribution in [2.24, 2.45) is 5.92 Å². The standard InChI is InChI=1S/C14H25N7O/c1-9(11-17-13(15)19-14(18-11)20(3)4)21-7-5-10(6-8-21)12(22)16-2/h9-10H,5-8H2,1-4H3,(H,16,22)(H2,15,17,18,19). The van der Waals surface area contributed by atoms with Gasteiger partial charge in [0.2, 0.25) is 17.8 Å². The Bertz CT molecular complexity index is 526. The van der Waals surface area contributed by atoms with Gasteiger partial charge in [0.1, 0.15) is 0 Å². The predicted octanol–water partition coefficient (Wildman–Crippen LogP) is 0.0388. The van der Waals surface area contributed by atoms with Gasteiger partial charge in [-0.05, 0) is 32.9 Å². The van der Waals surface area contributed by atoms with E-state index in [9.17, 15) is 4.79 Å². The second kappa shape index (κ2) is 6.87. The highest BCUT2D eigenvalue weighted by Gasteiger charge is 2.28. The largest absolute Gasteiger partial charge is 0.368 e. The fourth-order valence-electron chi connectivity index (χ4n) is 2.70. The second-order valence-corrected chi connectivity index (χ2v) is 5.85. The molecule has 2 heterocycles. The van der Waals surface area contributed by atoms with Gasteiger partial charge < -0.3 is 16.0 Å². The number of amides is 1. The lowest BCUT2D eigenvalue weighted by molar-refractivity contribution is -0.126. The minimum atomic E-state index is 0.0506. The first-order valence-corrected chi connectivity index (χ1v) is 7.56. The Labute approximate surface area is 131 Å². The Kier molecular flexibility index (Phi) is 5.12. The molecule has 1 fully saturated rings. The van der Waals surface area contributed by atoms with Crippen LogP contribution >= 0.6 is 0 Å². The van der Waals surface area contributed by atoms with E-state index in [1.807, 2.05) is 19.0 Å². The van der Waals surface area contributed by atoms with E-state index in [0.717, 1.165) is 25.9 Å². The fraction of sp³-hybridized carbons (Fsp3) is 0.714. The summed E-state index contributed by atoms with van der Waals surface area (Å²) in [6.07, 6.45) is 1.70. The monoisotopic (exact) mass is 307 g/mol. The first-order valence-electron chi connectivity index (χ1n) is 7.56. The minimum Gasteiger partial charge on any atom is -0.368 e. The van der Waals surface area contributed by atoms with Crippen molar-refractivity contribution in [3.05, 3.63) is 5.82 Å². The summed E-state index contributed by atoms with van der Waals surface area (Å²) in [6.45, 7) is 3.76. The molecule has 1 aliphatic rings. The summed E-state index contributed by atoms with van der Waals surface area (Å²) < 4.78 is 0. The quantitative estimate of drug-likeness (QED) is 0.810. The Morgan fingerprint density at radius 3 is 2.50 bits per heavy atom. The molecule has 1 aromatic rings. The number of aromatic nitrogens is 3. The highest BCUT2D eigenvalue weighted by molar-refractivity contribution is 5.78. The van der Waals surface area contributed by atoms with E-state index in [1.54, 1.807) is 7.05 Å². The van der Waals surface area contributed by atoms with Crippen molar-refractivity contribution >= 4 is 17.8 Å². The van der Waals surface area contributed by atoms with Gasteiger partial charge in [0.25, 0.3) is 0 Å². The lowest BCUT2D eigenvalue weighted by atomic mass is 9.95. The molecule has 1 unspecified atom stereocenters. The van der Waals surface area contributed by atoms with E-state index in [2.05, 4.69) is 32.1 Å². The molecule has 122 valence electrons. The van der Waals surface area contributed by atoms with E-state index in [1.165, 1.54) is 0 Å². The molecule has 22 heavy (non-hydrogen) atoms. The predicted molar refractivity (Wildman–Crippen MR) is 85.3 cm³/mol. The maximum absolute atomic E-state index is 11.7. The van der Waals surface area contributed by atoms with Gasteiger partial charge in [-0.15, -0.1) is 0 Å². The van der Waals surface area contributed by atoms with Crippen LogP contribution in [0.25, 0.3) is 0 Å². The van der Waals surface area contributed by atoms with Crippen LogP contribution in [0.3, 0.4) is 0 Å². The van der Waals surface area contributed by atoms with Gasteiger partial charge in [-0.25, -0.2) is 0 Å². The van der Waals surface area contributed by atoms with Crippen LogP contribution in [0.4, 0.5) is 11.9 Å². The summed E-state index contributed by atoms with van der Waals surface area (Å²) >= 11 is 0. The zero-order valence-corrected chi connectivity index (χ0v) is 13.7. The maximum Gasteiger partial charge on any atom is 0.229 e. The van der Waals surface area contributed by atoms with Gasteiger partial charge in [-0.2, -0.15) is 15.0 Å². The third-order valence-electron chi connectivity index (χ3n) is 4.13. The van der Waals surface area contributed by atoms with Crippen LogP contribution in [0.5, 0.6) is 0 Å². The first kappa shape index (κ1) is 16.4. The minimum absolute atomic E-state index is 0.0506. The highest BCUT2D eigenvalue weighted by atomic mass is 16.1. The number of carbonyl (C=O) groups is 1. The van der Waals surface area contributed by atoms with Gasteiger partial charge >= 0.3 is 0 Å². The topological polar surface area (TPSA) is 100 Å².